The maximum absolute atomic E-state index is 13.9. The number of nitrogens with two attached hydrogens (primary N) is 1. The van der Waals surface area contributed by atoms with Crippen LogP contribution in [0.1, 0.15) is 43.4 Å². The molecule has 4 rings (SSSR count). The lowest BCUT2D eigenvalue weighted by molar-refractivity contribution is -0.140. The molecule has 0 aliphatic heterocycles. The van der Waals surface area contributed by atoms with Gasteiger partial charge in [-0.2, -0.15) is 23.5 Å². The van der Waals surface area contributed by atoms with Gasteiger partial charge in [-0.1, -0.05) is 18.2 Å². The van der Waals surface area contributed by atoms with E-state index in [2.05, 4.69) is 15.4 Å². The summed E-state index contributed by atoms with van der Waals surface area (Å²) in [6.07, 6.45) is -4.95. The van der Waals surface area contributed by atoms with Crippen LogP contribution in [0.3, 0.4) is 0 Å². The molecule has 3 N–H and O–H groups in total. The van der Waals surface area contributed by atoms with E-state index >= 15 is 0 Å². The van der Waals surface area contributed by atoms with Crippen molar-refractivity contribution < 1.29 is 27.2 Å². The molecule has 0 saturated carbocycles. The number of anilines is 1. The number of nitrogens with zero attached hydrogens (tertiary/aromatic N) is 4. The lowest BCUT2D eigenvalue weighted by atomic mass is 10.1. The molecule has 2 aromatic heterocycles. The molecule has 0 spiro atoms. The summed E-state index contributed by atoms with van der Waals surface area (Å²) < 4.78 is 56.2. The van der Waals surface area contributed by atoms with E-state index in [0.29, 0.717) is 0 Å². The summed E-state index contributed by atoms with van der Waals surface area (Å²) >= 11 is 0. The molecule has 0 fully saturated rings. The summed E-state index contributed by atoms with van der Waals surface area (Å²) in [5.74, 6) is -2.54. The first-order valence-electron chi connectivity index (χ1n) is 10.3. The largest absolute Gasteiger partial charge is 0.437 e. The zero-order chi connectivity index (χ0) is 26.2. The maximum atomic E-state index is 13.9. The number of nitriles is 1. The third-order valence-electron chi connectivity index (χ3n) is 5.43. The van der Waals surface area contributed by atoms with E-state index < -0.39 is 35.2 Å². The van der Waals surface area contributed by atoms with Gasteiger partial charge in [0.25, 0.3) is 11.8 Å². The van der Waals surface area contributed by atoms with Crippen LogP contribution in [0, 0.1) is 24.1 Å². The lowest BCUT2D eigenvalue weighted by Gasteiger charge is -2.11. The van der Waals surface area contributed by atoms with Gasteiger partial charge in [0.1, 0.15) is 11.5 Å². The predicted octanol–water partition coefficient (Wildman–Crippen LogP) is 4.17. The van der Waals surface area contributed by atoms with Crippen LogP contribution < -0.4 is 11.1 Å². The van der Waals surface area contributed by atoms with Gasteiger partial charge >= 0.3 is 6.18 Å². The number of pyridine rings is 1. The topological polar surface area (TPSA) is 127 Å². The van der Waals surface area contributed by atoms with E-state index in [1.54, 1.807) is 12.1 Å². The molecule has 182 valence electrons. The summed E-state index contributed by atoms with van der Waals surface area (Å²) in [5, 5.41) is 15.4. The van der Waals surface area contributed by atoms with Gasteiger partial charge in [0, 0.05) is 5.39 Å². The van der Waals surface area contributed by atoms with Gasteiger partial charge in [0.15, 0.2) is 5.69 Å². The molecule has 0 aliphatic rings. The SMILES string of the molecule is Cc1c(NC(=O)c2cc(C(N)=O)nc3ccccc23)c(C(F)(F)F)nn1Cc1cc(F)ccc1C#N. The smallest absolute Gasteiger partial charge is 0.364 e. The minimum Gasteiger partial charge on any atom is -0.364 e. The van der Waals surface area contributed by atoms with E-state index in [1.165, 1.54) is 25.1 Å². The maximum Gasteiger partial charge on any atom is 0.437 e. The number of para-hydroxylation sites is 1. The number of fused-ring (bicyclic) bond motifs is 1. The number of halogens is 4. The van der Waals surface area contributed by atoms with Crippen LogP contribution in [-0.2, 0) is 12.7 Å². The Bertz CT molecular complexity index is 1570. The number of carbonyl (C=O) groups excluding carboxylic acids is 2. The normalized spacial score (nSPS) is 11.3. The van der Waals surface area contributed by atoms with Gasteiger partial charge in [0.2, 0.25) is 0 Å². The first-order chi connectivity index (χ1) is 17.0. The number of aromatic nitrogens is 3. The van der Waals surface area contributed by atoms with E-state index in [1.807, 2.05) is 6.07 Å². The molecule has 0 saturated heterocycles. The van der Waals surface area contributed by atoms with Crippen LogP contribution in [0.25, 0.3) is 10.9 Å². The number of rotatable bonds is 5. The average molecular weight is 496 g/mol. The number of primary amides is 1. The Hall–Kier alpha value is -4.79. The summed E-state index contributed by atoms with van der Waals surface area (Å²) in [5.41, 5.74) is 3.28. The molecular weight excluding hydrogens is 480 g/mol. The van der Waals surface area contributed by atoms with Crippen molar-refractivity contribution in [2.75, 3.05) is 5.32 Å². The molecule has 0 unspecified atom stereocenters. The minimum atomic E-state index is -4.95. The van der Waals surface area contributed by atoms with Crippen molar-refractivity contribution >= 4 is 28.4 Å². The van der Waals surface area contributed by atoms with E-state index in [-0.39, 0.29) is 45.5 Å². The number of nitrogens with one attached hydrogen (secondary N) is 1. The summed E-state index contributed by atoms with van der Waals surface area (Å²) in [6, 6.07) is 12.5. The number of carbonyl (C=O) groups is 2. The standard InChI is InChI=1S/C24H16F4N6O2/c1-12-20(32-23(36)17-9-19(22(30)35)31-18-5-3-2-4-16(17)18)21(24(26,27)28)33-34(12)11-14-8-15(25)7-6-13(14)10-29/h2-9H,11H2,1H3,(H2,30,35)(H,32,36). The number of alkyl halides is 3. The molecule has 2 amide bonds. The predicted molar refractivity (Wildman–Crippen MR) is 120 cm³/mol. The van der Waals surface area contributed by atoms with Crippen LogP contribution >= 0.6 is 0 Å². The zero-order valence-corrected chi connectivity index (χ0v) is 18.5. The van der Waals surface area contributed by atoms with Crippen LogP contribution in [0.5, 0.6) is 0 Å². The molecule has 0 radical (unpaired) electrons. The first kappa shape index (κ1) is 24.3. The number of hydrogen-bond acceptors (Lipinski definition) is 5. The molecule has 36 heavy (non-hydrogen) atoms. The highest BCUT2D eigenvalue weighted by Gasteiger charge is 2.39. The van der Waals surface area contributed by atoms with Crippen molar-refractivity contribution in [1.82, 2.24) is 14.8 Å². The van der Waals surface area contributed by atoms with Crippen LogP contribution in [0.15, 0.2) is 48.5 Å². The van der Waals surface area contributed by atoms with Gasteiger partial charge < -0.3 is 11.1 Å². The molecule has 0 atom stereocenters. The van der Waals surface area contributed by atoms with Crippen molar-refractivity contribution in [3.05, 3.63) is 88.1 Å². The molecule has 0 bridgehead atoms. The van der Waals surface area contributed by atoms with Crippen molar-refractivity contribution in [2.45, 2.75) is 19.6 Å². The van der Waals surface area contributed by atoms with Gasteiger partial charge in [0.05, 0.1) is 40.6 Å². The van der Waals surface area contributed by atoms with Crippen molar-refractivity contribution in [1.29, 1.82) is 5.26 Å². The quantitative estimate of drug-likeness (QED) is 0.401. The van der Waals surface area contributed by atoms with Gasteiger partial charge in [-0.25, -0.2) is 9.37 Å². The van der Waals surface area contributed by atoms with Gasteiger partial charge in [-0.05, 0) is 42.8 Å². The average Bonchev–Trinajstić information content (AvgIpc) is 3.13. The Balaban J connectivity index is 1.80. The van der Waals surface area contributed by atoms with E-state index in [4.69, 9.17) is 5.73 Å². The summed E-state index contributed by atoms with van der Waals surface area (Å²) in [7, 11) is 0. The molecule has 2 aromatic carbocycles. The zero-order valence-electron chi connectivity index (χ0n) is 18.5. The Morgan fingerprint density at radius 1 is 1.17 bits per heavy atom. The van der Waals surface area contributed by atoms with Crippen LogP contribution in [0.4, 0.5) is 23.2 Å². The third-order valence-corrected chi connectivity index (χ3v) is 5.43. The Morgan fingerprint density at radius 2 is 1.89 bits per heavy atom. The van der Waals surface area contributed by atoms with Crippen molar-refractivity contribution in [3.63, 3.8) is 0 Å². The second kappa shape index (κ2) is 9.10. The van der Waals surface area contributed by atoms with E-state index in [0.717, 1.165) is 22.9 Å². The first-order valence-corrected chi connectivity index (χ1v) is 10.3. The highest BCUT2D eigenvalue weighted by Crippen LogP contribution is 2.36. The fraction of sp³-hybridized carbons (Fsp3) is 0.125. The molecular formula is C24H16F4N6O2. The van der Waals surface area contributed by atoms with Crippen LogP contribution in [0.2, 0.25) is 0 Å². The lowest BCUT2D eigenvalue weighted by Crippen LogP contribution is -2.19. The number of benzene rings is 2. The minimum absolute atomic E-state index is 0.0627. The number of amides is 2. The molecule has 4 aromatic rings. The molecule has 8 nitrogen and oxygen atoms in total. The van der Waals surface area contributed by atoms with Crippen LogP contribution in [-0.4, -0.2) is 26.6 Å². The second-order valence-electron chi connectivity index (χ2n) is 7.77. The molecule has 2 heterocycles. The monoisotopic (exact) mass is 496 g/mol. The van der Waals surface area contributed by atoms with Gasteiger partial charge in [-0.3, -0.25) is 14.3 Å². The summed E-state index contributed by atoms with van der Waals surface area (Å²) in [4.78, 5) is 28.9. The number of hydrogen-bond donors (Lipinski definition) is 2. The Morgan fingerprint density at radius 3 is 2.56 bits per heavy atom. The Kier molecular flexibility index (Phi) is 6.15. The fourth-order valence-electron chi connectivity index (χ4n) is 3.68. The highest BCUT2D eigenvalue weighted by atomic mass is 19.4. The highest BCUT2D eigenvalue weighted by molar-refractivity contribution is 6.14. The third kappa shape index (κ3) is 4.58. The molecule has 12 heteroatoms. The second-order valence-corrected chi connectivity index (χ2v) is 7.77. The van der Waals surface area contributed by atoms with Gasteiger partial charge in [-0.15, -0.1) is 0 Å². The van der Waals surface area contributed by atoms with Crippen molar-refractivity contribution in [2.24, 2.45) is 5.73 Å². The summed E-state index contributed by atoms with van der Waals surface area (Å²) in [6.45, 7) is 0.943. The van der Waals surface area contributed by atoms with E-state index in [9.17, 15) is 32.4 Å². The Labute approximate surface area is 201 Å². The fourth-order valence-corrected chi connectivity index (χ4v) is 3.68. The molecule has 0 aliphatic carbocycles. The van der Waals surface area contributed by atoms with Crippen molar-refractivity contribution in [3.8, 4) is 6.07 Å².